The second-order valence-electron chi connectivity index (χ2n) is 5.02. The lowest BCUT2D eigenvalue weighted by atomic mass is 9.86. The molecule has 1 aromatic rings. The summed E-state index contributed by atoms with van der Waals surface area (Å²) in [6.45, 7) is 0. The van der Waals surface area contributed by atoms with E-state index in [-0.39, 0.29) is 12.4 Å². The Kier molecular flexibility index (Phi) is 9.70. The van der Waals surface area contributed by atoms with Crippen molar-refractivity contribution in [1.82, 2.24) is 0 Å². The van der Waals surface area contributed by atoms with E-state index >= 15 is 0 Å². The van der Waals surface area contributed by atoms with Crippen molar-refractivity contribution in [2.45, 2.75) is 37.3 Å². The maximum Gasteiger partial charge on any atom is 0.251 e. The molecule has 6 heteroatoms. The molecule has 5 N–H and O–H groups in total. The molecule has 1 aromatic carbocycles. The van der Waals surface area contributed by atoms with E-state index in [1.807, 2.05) is 36.6 Å². The van der Waals surface area contributed by atoms with Crippen LogP contribution in [0.1, 0.15) is 24.8 Å². The summed E-state index contributed by atoms with van der Waals surface area (Å²) in [6, 6.07) is 9.35. The zero-order chi connectivity index (χ0) is 15.0. The second kappa shape index (κ2) is 10.1. The molecule has 0 saturated carbocycles. The minimum absolute atomic E-state index is 0. The molecule has 21 heavy (non-hydrogen) atoms. The van der Waals surface area contributed by atoms with Crippen LogP contribution in [-0.4, -0.2) is 34.7 Å². The van der Waals surface area contributed by atoms with Crippen LogP contribution in [0.5, 0.6) is 0 Å². The molecule has 0 heterocycles. The Bertz CT molecular complexity index is 419. The fourth-order valence-corrected chi connectivity index (χ4v) is 2.67. The maximum atomic E-state index is 11.6. The zero-order valence-electron chi connectivity index (χ0n) is 12.3. The Morgan fingerprint density at radius 2 is 2.00 bits per heavy atom. The highest BCUT2D eigenvalue weighted by atomic mass is 35.5. The molecule has 2 atom stereocenters. The van der Waals surface area contributed by atoms with Gasteiger partial charge in [0, 0.05) is 6.04 Å². The smallest absolute Gasteiger partial charge is 0.251 e. The van der Waals surface area contributed by atoms with Crippen LogP contribution in [-0.2, 0) is 11.2 Å². The molecule has 1 rings (SSSR count). The molecular formula is C15H25ClN2O2S. The van der Waals surface area contributed by atoms with E-state index in [4.69, 9.17) is 11.5 Å². The standard InChI is InChI=1S/C15H24N2O2S.ClH/c1-20-11-9-13(16)15(19,14(17)18)10-5-8-12-6-3-2-4-7-12;/h2-4,6-7,13,19H,5,8-11,16H2,1H3,(H2,17,18);1H. The van der Waals surface area contributed by atoms with E-state index in [0.717, 1.165) is 12.2 Å². The highest BCUT2D eigenvalue weighted by molar-refractivity contribution is 7.98. The summed E-state index contributed by atoms with van der Waals surface area (Å²) >= 11 is 1.64. The topological polar surface area (TPSA) is 89.3 Å². The largest absolute Gasteiger partial charge is 0.378 e. The molecule has 0 radical (unpaired) electrons. The van der Waals surface area contributed by atoms with Crippen LogP contribution < -0.4 is 11.5 Å². The summed E-state index contributed by atoms with van der Waals surface area (Å²) in [7, 11) is 0. The van der Waals surface area contributed by atoms with Crippen LogP contribution in [0.15, 0.2) is 30.3 Å². The number of aliphatic hydroxyl groups is 1. The monoisotopic (exact) mass is 332 g/mol. The molecule has 2 unspecified atom stereocenters. The molecule has 0 saturated heterocycles. The van der Waals surface area contributed by atoms with E-state index in [0.29, 0.717) is 19.3 Å². The first-order chi connectivity index (χ1) is 9.50. The summed E-state index contributed by atoms with van der Waals surface area (Å²) in [6.07, 6.45) is 4.31. The van der Waals surface area contributed by atoms with Crippen molar-refractivity contribution in [1.29, 1.82) is 0 Å². The first-order valence-electron chi connectivity index (χ1n) is 6.81. The third-order valence-corrected chi connectivity index (χ3v) is 4.18. The number of halogens is 1. The predicted octanol–water partition coefficient (Wildman–Crippen LogP) is 1.73. The van der Waals surface area contributed by atoms with Crippen LogP contribution in [0.2, 0.25) is 0 Å². The Balaban J connectivity index is 0.00000400. The number of carbonyl (C=O) groups excluding carboxylic acids is 1. The van der Waals surface area contributed by atoms with Crippen LogP contribution in [0.25, 0.3) is 0 Å². The quantitative estimate of drug-likeness (QED) is 0.642. The van der Waals surface area contributed by atoms with Gasteiger partial charge >= 0.3 is 0 Å². The van der Waals surface area contributed by atoms with Crippen LogP contribution in [0, 0.1) is 0 Å². The Labute approximate surface area is 137 Å². The van der Waals surface area contributed by atoms with Gasteiger partial charge in [0.2, 0.25) is 0 Å². The number of benzene rings is 1. The first-order valence-corrected chi connectivity index (χ1v) is 8.21. The number of thioether (sulfide) groups is 1. The predicted molar refractivity (Wildman–Crippen MR) is 91.7 cm³/mol. The molecule has 120 valence electrons. The number of amides is 1. The van der Waals surface area contributed by atoms with Crippen molar-refractivity contribution in [2.75, 3.05) is 12.0 Å². The number of hydrogen-bond acceptors (Lipinski definition) is 4. The van der Waals surface area contributed by atoms with Crippen molar-refractivity contribution >= 4 is 30.1 Å². The Hall–Kier alpha value is -0.750. The van der Waals surface area contributed by atoms with Gasteiger partial charge in [-0.15, -0.1) is 12.4 Å². The van der Waals surface area contributed by atoms with Gasteiger partial charge in [0.05, 0.1) is 0 Å². The number of hydrogen-bond donors (Lipinski definition) is 3. The summed E-state index contributed by atoms with van der Waals surface area (Å²) in [5.41, 5.74) is 10.9. The number of rotatable bonds is 9. The van der Waals surface area contributed by atoms with Crippen molar-refractivity contribution < 1.29 is 9.90 Å². The van der Waals surface area contributed by atoms with Crippen molar-refractivity contribution in [3.05, 3.63) is 35.9 Å². The van der Waals surface area contributed by atoms with Crippen molar-refractivity contribution in [3.8, 4) is 0 Å². The summed E-state index contributed by atoms with van der Waals surface area (Å²) in [5.74, 6) is 0.0780. The highest BCUT2D eigenvalue weighted by Crippen LogP contribution is 2.21. The molecule has 0 bridgehead atoms. The number of carbonyl (C=O) groups is 1. The van der Waals surface area contributed by atoms with Gasteiger partial charge in [-0.1, -0.05) is 30.3 Å². The lowest BCUT2D eigenvalue weighted by Gasteiger charge is -2.31. The van der Waals surface area contributed by atoms with Crippen LogP contribution in [0.4, 0.5) is 0 Å². The average molecular weight is 333 g/mol. The molecule has 0 fully saturated rings. The number of primary amides is 1. The molecule has 1 amide bonds. The average Bonchev–Trinajstić information content (AvgIpc) is 2.45. The third kappa shape index (κ3) is 6.26. The zero-order valence-corrected chi connectivity index (χ0v) is 14.0. The van der Waals surface area contributed by atoms with Gasteiger partial charge in [0.1, 0.15) is 0 Å². The minimum atomic E-state index is -1.61. The van der Waals surface area contributed by atoms with E-state index in [9.17, 15) is 9.90 Å². The lowest BCUT2D eigenvalue weighted by Crippen LogP contribution is -2.57. The Morgan fingerprint density at radius 3 is 2.52 bits per heavy atom. The second-order valence-corrected chi connectivity index (χ2v) is 6.00. The van der Waals surface area contributed by atoms with Crippen molar-refractivity contribution in [2.24, 2.45) is 11.5 Å². The maximum absolute atomic E-state index is 11.6. The molecule has 0 aliphatic carbocycles. The number of aryl methyl sites for hydroxylation is 1. The van der Waals surface area contributed by atoms with Gasteiger partial charge in [0.25, 0.3) is 5.91 Å². The molecule has 4 nitrogen and oxygen atoms in total. The van der Waals surface area contributed by atoms with Gasteiger partial charge in [-0.3, -0.25) is 4.79 Å². The molecule has 0 aliphatic heterocycles. The highest BCUT2D eigenvalue weighted by Gasteiger charge is 2.39. The minimum Gasteiger partial charge on any atom is -0.378 e. The fourth-order valence-electron chi connectivity index (χ4n) is 2.18. The normalized spacial score (nSPS) is 14.8. The van der Waals surface area contributed by atoms with E-state index < -0.39 is 17.6 Å². The van der Waals surface area contributed by atoms with Gasteiger partial charge in [-0.2, -0.15) is 11.8 Å². The molecule has 0 aromatic heterocycles. The SMILES string of the molecule is CSCCC(N)C(O)(CCCc1ccccc1)C(N)=O.Cl. The van der Waals surface area contributed by atoms with Gasteiger partial charge in [0.15, 0.2) is 5.60 Å². The third-order valence-electron chi connectivity index (χ3n) is 3.54. The number of nitrogens with two attached hydrogens (primary N) is 2. The van der Waals surface area contributed by atoms with Crippen molar-refractivity contribution in [3.63, 3.8) is 0 Å². The van der Waals surface area contributed by atoms with Gasteiger partial charge in [-0.25, -0.2) is 0 Å². The summed E-state index contributed by atoms with van der Waals surface area (Å²) < 4.78 is 0. The van der Waals surface area contributed by atoms with Gasteiger partial charge in [-0.05, 0) is 43.3 Å². The fraction of sp³-hybridized carbons (Fsp3) is 0.533. The lowest BCUT2D eigenvalue weighted by molar-refractivity contribution is -0.139. The Morgan fingerprint density at radius 1 is 1.38 bits per heavy atom. The van der Waals surface area contributed by atoms with Crippen LogP contribution >= 0.6 is 24.2 Å². The van der Waals surface area contributed by atoms with Gasteiger partial charge < -0.3 is 16.6 Å². The first kappa shape index (κ1) is 20.2. The molecule has 0 spiro atoms. The van der Waals surface area contributed by atoms with E-state index in [2.05, 4.69) is 0 Å². The summed E-state index contributed by atoms with van der Waals surface area (Å²) in [5, 5.41) is 10.5. The summed E-state index contributed by atoms with van der Waals surface area (Å²) in [4.78, 5) is 11.6. The molecular weight excluding hydrogens is 308 g/mol. The van der Waals surface area contributed by atoms with Crippen LogP contribution in [0.3, 0.4) is 0 Å². The molecule has 0 aliphatic rings. The van der Waals surface area contributed by atoms with E-state index in [1.54, 1.807) is 11.8 Å². The van der Waals surface area contributed by atoms with E-state index in [1.165, 1.54) is 5.56 Å².